The van der Waals surface area contributed by atoms with E-state index < -0.39 is 11.7 Å². The fourth-order valence-electron chi connectivity index (χ4n) is 2.36. The Morgan fingerprint density at radius 2 is 1.89 bits per heavy atom. The molecule has 154 valence electrons. The van der Waals surface area contributed by atoms with Crippen LogP contribution in [0.1, 0.15) is 56.0 Å². The summed E-state index contributed by atoms with van der Waals surface area (Å²) in [5.41, 5.74) is 0.0455. The number of aryl methyl sites for hydroxylation is 1. The van der Waals surface area contributed by atoms with Crippen LogP contribution in [0.3, 0.4) is 0 Å². The van der Waals surface area contributed by atoms with Gasteiger partial charge in [-0.1, -0.05) is 31.1 Å². The number of nitrogens with zero attached hydrogens (tertiary/aromatic N) is 3. The second kappa shape index (κ2) is 10.1. The molecule has 0 unspecified atom stereocenters. The van der Waals surface area contributed by atoms with E-state index in [1.54, 1.807) is 0 Å². The van der Waals surface area contributed by atoms with Gasteiger partial charge in [0.2, 0.25) is 5.89 Å². The third kappa shape index (κ3) is 6.86. The number of aliphatic imine (C=N–C) groups is 1. The third-order valence-electron chi connectivity index (χ3n) is 3.91. The molecule has 0 atom stereocenters. The van der Waals surface area contributed by atoms with Crippen LogP contribution in [0, 0.1) is 0 Å². The quantitative estimate of drug-likeness (QED) is 0.401. The minimum atomic E-state index is -4.33. The molecule has 1 aromatic heterocycles. The van der Waals surface area contributed by atoms with Gasteiger partial charge in [-0.15, -0.1) is 0 Å². The van der Waals surface area contributed by atoms with Gasteiger partial charge >= 0.3 is 6.18 Å². The Morgan fingerprint density at radius 1 is 1.18 bits per heavy atom. The number of guanidine groups is 1. The topological polar surface area (TPSA) is 75.3 Å². The zero-order valence-electron chi connectivity index (χ0n) is 16.3. The second-order valence-corrected chi connectivity index (χ2v) is 6.62. The van der Waals surface area contributed by atoms with E-state index in [0.717, 1.165) is 18.6 Å². The maximum atomic E-state index is 12.6. The average Bonchev–Trinajstić information content (AvgIpc) is 3.12. The number of benzene rings is 1. The lowest BCUT2D eigenvalue weighted by molar-refractivity contribution is -0.137. The van der Waals surface area contributed by atoms with Crippen molar-refractivity contribution in [2.45, 2.75) is 52.3 Å². The summed E-state index contributed by atoms with van der Waals surface area (Å²) in [7, 11) is 0. The van der Waals surface area contributed by atoms with Crippen molar-refractivity contribution < 1.29 is 17.7 Å². The van der Waals surface area contributed by atoms with Gasteiger partial charge in [0.15, 0.2) is 11.8 Å². The van der Waals surface area contributed by atoms with Gasteiger partial charge in [0.1, 0.15) is 0 Å². The van der Waals surface area contributed by atoms with Crippen LogP contribution in [0.2, 0.25) is 0 Å². The molecule has 28 heavy (non-hydrogen) atoms. The zero-order chi connectivity index (χ0) is 20.6. The van der Waals surface area contributed by atoms with Gasteiger partial charge in [-0.25, -0.2) is 4.99 Å². The molecular formula is C19H26F3N5O. The Bertz CT molecular complexity index is 754. The van der Waals surface area contributed by atoms with Gasteiger partial charge in [-0.05, 0) is 31.0 Å². The number of hydrogen-bond acceptors (Lipinski definition) is 4. The summed E-state index contributed by atoms with van der Waals surface area (Å²) >= 11 is 0. The van der Waals surface area contributed by atoms with Crippen LogP contribution < -0.4 is 10.6 Å². The molecule has 0 aliphatic rings. The molecule has 0 saturated heterocycles. The monoisotopic (exact) mass is 397 g/mol. The number of hydrogen-bond donors (Lipinski definition) is 2. The van der Waals surface area contributed by atoms with Crippen LogP contribution >= 0.6 is 0 Å². The van der Waals surface area contributed by atoms with E-state index in [2.05, 4.69) is 25.8 Å². The Hall–Kier alpha value is -2.58. The van der Waals surface area contributed by atoms with E-state index in [1.165, 1.54) is 12.1 Å². The van der Waals surface area contributed by atoms with E-state index in [4.69, 9.17) is 4.52 Å². The Labute approximate surface area is 162 Å². The van der Waals surface area contributed by atoms with Crippen LogP contribution in [0.15, 0.2) is 33.8 Å². The minimum Gasteiger partial charge on any atom is -0.357 e. The average molecular weight is 397 g/mol. The summed E-state index contributed by atoms with van der Waals surface area (Å²) in [6.07, 6.45) is -2.89. The number of nitrogens with one attached hydrogen (secondary N) is 2. The lowest BCUT2D eigenvalue weighted by Crippen LogP contribution is -2.37. The largest absolute Gasteiger partial charge is 0.416 e. The molecule has 0 spiro atoms. The predicted molar refractivity (Wildman–Crippen MR) is 101 cm³/mol. The van der Waals surface area contributed by atoms with Crippen molar-refractivity contribution in [2.75, 3.05) is 13.1 Å². The molecule has 0 amide bonds. The van der Waals surface area contributed by atoms with Gasteiger partial charge in [-0.3, -0.25) is 0 Å². The Balaban J connectivity index is 1.82. The van der Waals surface area contributed by atoms with Crippen molar-refractivity contribution in [3.8, 4) is 0 Å². The van der Waals surface area contributed by atoms with Crippen molar-refractivity contribution in [3.05, 3.63) is 47.1 Å². The Morgan fingerprint density at radius 3 is 2.46 bits per heavy atom. The predicted octanol–water partition coefficient (Wildman–Crippen LogP) is 3.90. The van der Waals surface area contributed by atoms with Crippen molar-refractivity contribution in [3.63, 3.8) is 0 Å². The number of alkyl halides is 3. The van der Waals surface area contributed by atoms with E-state index in [0.29, 0.717) is 42.7 Å². The molecule has 0 radical (unpaired) electrons. The standard InChI is InChI=1S/C19H26F3N5O/c1-4-23-18(24-11-5-6-16-26-17(13(2)3)27-28-16)25-12-14-7-9-15(10-8-14)19(20,21)22/h7-10,13H,4-6,11-12H2,1-3H3,(H2,23,24,25). The lowest BCUT2D eigenvalue weighted by Gasteiger charge is -2.11. The molecule has 9 heteroatoms. The normalized spacial score (nSPS) is 12.5. The first-order valence-electron chi connectivity index (χ1n) is 9.30. The fourth-order valence-corrected chi connectivity index (χ4v) is 2.36. The summed E-state index contributed by atoms with van der Waals surface area (Å²) in [4.78, 5) is 8.74. The second-order valence-electron chi connectivity index (χ2n) is 6.62. The van der Waals surface area contributed by atoms with Crippen molar-refractivity contribution in [1.82, 2.24) is 20.8 Å². The first kappa shape index (κ1) is 21.7. The van der Waals surface area contributed by atoms with Crippen LogP contribution in [0.4, 0.5) is 13.2 Å². The summed E-state index contributed by atoms with van der Waals surface area (Å²) < 4.78 is 43.0. The molecule has 0 aliphatic carbocycles. The summed E-state index contributed by atoms with van der Waals surface area (Å²) in [6, 6.07) is 5.03. The molecule has 1 aromatic carbocycles. The molecular weight excluding hydrogens is 371 g/mol. The van der Waals surface area contributed by atoms with Crippen LogP contribution in [-0.4, -0.2) is 29.2 Å². The van der Waals surface area contributed by atoms with E-state index in [9.17, 15) is 13.2 Å². The van der Waals surface area contributed by atoms with Gasteiger partial charge in [0.25, 0.3) is 0 Å². The first-order valence-corrected chi connectivity index (χ1v) is 9.30. The molecule has 0 saturated carbocycles. The Kier molecular flexibility index (Phi) is 7.83. The highest BCUT2D eigenvalue weighted by atomic mass is 19.4. The first-order chi connectivity index (χ1) is 13.3. The summed E-state index contributed by atoms with van der Waals surface area (Å²) in [6.45, 7) is 7.58. The number of halogens is 3. The van der Waals surface area contributed by atoms with Crippen molar-refractivity contribution in [1.29, 1.82) is 0 Å². The summed E-state index contributed by atoms with van der Waals surface area (Å²) in [5, 5.41) is 10.2. The highest BCUT2D eigenvalue weighted by Gasteiger charge is 2.29. The molecule has 2 rings (SSSR count). The zero-order valence-corrected chi connectivity index (χ0v) is 16.3. The smallest absolute Gasteiger partial charge is 0.357 e. The lowest BCUT2D eigenvalue weighted by atomic mass is 10.1. The molecule has 0 bridgehead atoms. The van der Waals surface area contributed by atoms with E-state index in [-0.39, 0.29) is 12.5 Å². The molecule has 1 heterocycles. The van der Waals surface area contributed by atoms with Crippen LogP contribution in [0.25, 0.3) is 0 Å². The molecule has 6 nitrogen and oxygen atoms in total. The number of aromatic nitrogens is 2. The van der Waals surface area contributed by atoms with E-state index in [1.807, 2.05) is 20.8 Å². The van der Waals surface area contributed by atoms with Crippen molar-refractivity contribution >= 4 is 5.96 Å². The van der Waals surface area contributed by atoms with E-state index >= 15 is 0 Å². The maximum Gasteiger partial charge on any atom is 0.416 e. The van der Waals surface area contributed by atoms with Gasteiger partial charge in [0.05, 0.1) is 12.1 Å². The van der Waals surface area contributed by atoms with Gasteiger partial charge in [-0.2, -0.15) is 18.2 Å². The van der Waals surface area contributed by atoms with Crippen molar-refractivity contribution in [2.24, 2.45) is 4.99 Å². The minimum absolute atomic E-state index is 0.230. The fraction of sp³-hybridized carbons (Fsp3) is 0.526. The van der Waals surface area contributed by atoms with Crippen LogP contribution in [0.5, 0.6) is 0 Å². The highest BCUT2D eigenvalue weighted by molar-refractivity contribution is 5.79. The summed E-state index contributed by atoms with van der Waals surface area (Å²) in [5.74, 6) is 2.15. The molecule has 2 aromatic rings. The maximum absolute atomic E-state index is 12.6. The number of rotatable bonds is 8. The molecule has 0 aliphatic heterocycles. The van der Waals surface area contributed by atoms with Gasteiger partial charge in [0, 0.05) is 25.4 Å². The SMILES string of the molecule is CCNC(=NCc1ccc(C(F)(F)F)cc1)NCCCc1nc(C(C)C)no1. The third-order valence-corrected chi connectivity index (χ3v) is 3.91. The highest BCUT2D eigenvalue weighted by Crippen LogP contribution is 2.29. The molecule has 2 N–H and O–H groups in total. The van der Waals surface area contributed by atoms with Gasteiger partial charge < -0.3 is 15.2 Å². The molecule has 0 fully saturated rings. The van der Waals surface area contributed by atoms with Crippen LogP contribution in [-0.2, 0) is 19.1 Å².